The maximum atomic E-state index is 5.31. The fourth-order valence-electron chi connectivity index (χ4n) is 10.6. The molecule has 0 saturated heterocycles. The average molecular weight is 773 g/mol. The third-order valence-electron chi connectivity index (χ3n) is 13.3. The van der Waals surface area contributed by atoms with Crippen LogP contribution < -0.4 is 0 Å². The summed E-state index contributed by atoms with van der Waals surface area (Å²) in [6.45, 7) is 0. The highest BCUT2D eigenvalue weighted by Crippen LogP contribution is 2.63. The Balaban J connectivity index is 0.955. The van der Waals surface area contributed by atoms with Crippen LogP contribution in [0.2, 0.25) is 0 Å². The van der Waals surface area contributed by atoms with Gasteiger partial charge in [-0.1, -0.05) is 194 Å². The van der Waals surface area contributed by atoms with Gasteiger partial charge in [0, 0.05) is 16.7 Å². The van der Waals surface area contributed by atoms with E-state index in [1.54, 1.807) is 0 Å². The van der Waals surface area contributed by atoms with E-state index in [1.807, 2.05) is 6.07 Å². The molecule has 0 fully saturated rings. The fourth-order valence-corrected chi connectivity index (χ4v) is 10.6. The highest BCUT2D eigenvalue weighted by atomic mass is 14.9. The van der Waals surface area contributed by atoms with Crippen molar-refractivity contribution >= 4 is 32.3 Å². The van der Waals surface area contributed by atoms with Gasteiger partial charge in [-0.25, -0.2) is 9.97 Å². The SMILES string of the molecule is c1ccc(-c2nc(-c3ccc(-c4cccc5c4ccc4cc6ccccc6cc45)cc3)cc(-c3ccc4c(c3)C3(c5ccccc5-c5ccccc53)c3ccccc3-4)n2)cc1. The van der Waals surface area contributed by atoms with Crippen molar-refractivity contribution in [2.75, 3.05) is 0 Å². The van der Waals surface area contributed by atoms with Gasteiger partial charge in [-0.05, 0) is 112 Å². The highest BCUT2D eigenvalue weighted by Gasteiger charge is 2.51. The Labute approximate surface area is 354 Å². The van der Waals surface area contributed by atoms with Crippen LogP contribution in [-0.2, 0) is 5.41 Å². The fraction of sp³-hybridized carbons (Fsp3) is 0.0169. The van der Waals surface area contributed by atoms with Crippen molar-refractivity contribution in [2.24, 2.45) is 0 Å². The second-order valence-corrected chi connectivity index (χ2v) is 16.4. The lowest BCUT2D eigenvalue weighted by atomic mass is 9.70. The van der Waals surface area contributed by atoms with E-state index in [1.165, 1.54) is 88.0 Å². The second kappa shape index (κ2) is 13.0. The first-order chi connectivity index (χ1) is 30.2. The lowest BCUT2D eigenvalue weighted by molar-refractivity contribution is 0.794. The van der Waals surface area contributed by atoms with E-state index < -0.39 is 5.41 Å². The molecule has 10 aromatic carbocycles. The largest absolute Gasteiger partial charge is 0.228 e. The smallest absolute Gasteiger partial charge is 0.160 e. The van der Waals surface area contributed by atoms with E-state index in [0.29, 0.717) is 5.82 Å². The lowest BCUT2D eigenvalue weighted by Crippen LogP contribution is -2.25. The van der Waals surface area contributed by atoms with Crippen molar-refractivity contribution in [3.05, 3.63) is 241 Å². The second-order valence-electron chi connectivity index (χ2n) is 16.4. The van der Waals surface area contributed by atoms with Gasteiger partial charge in [-0.3, -0.25) is 0 Å². The summed E-state index contributed by atoms with van der Waals surface area (Å²) in [4.78, 5) is 10.5. The van der Waals surface area contributed by atoms with Crippen LogP contribution in [0.5, 0.6) is 0 Å². The Bertz CT molecular complexity index is 3520. The molecule has 0 atom stereocenters. The summed E-state index contributed by atoms with van der Waals surface area (Å²) in [6, 6.07) is 79.8. The van der Waals surface area contributed by atoms with E-state index in [4.69, 9.17) is 9.97 Å². The Morgan fingerprint density at radius 1 is 0.262 bits per heavy atom. The zero-order valence-electron chi connectivity index (χ0n) is 33.2. The van der Waals surface area contributed by atoms with Crippen molar-refractivity contribution in [3.63, 3.8) is 0 Å². The van der Waals surface area contributed by atoms with Crippen LogP contribution in [0.15, 0.2) is 218 Å². The third-order valence-corrected chi connectivity index (χ3v) is 13.3. The summed E-state index contributed by atoms with van der Waals surface area (Å²) in [5.74, 6) is 0.709. The summed E-state index contributed by atoms with van der Waals surface area (Å²) < 4.78 is 0. The minimum atomic E-state index is -0.426. The van der Waals surface area contributed by atoms with E-state index in [0.717, 1.165) is 28.1 Å². The molecular formula is C59H36N2. The first kappa shape index (κ1) is 34.0. The van der Waals surface area contributed by atoms with E-state index in [-0.39, 0.29) is 0 Å². The summed E-state index contributed by atoms with van der Waals surface area (Å²) in [6.07, 6.45) is 0. The molecule has 0 amide bonds. The van der Waals surface area contributed by atoms with Gasteiger partial charge in [-0.2, -0.15) is 0 Å². The summed E-state index contributed by atoms with van der Waals surface area (Å²) in [7, 11) is 0. The van der Waals surface area contributed by atoms with Crippen LogP contribution in [0.4, 0.5) is 0 Å². The predicted octanol–water partition coefficient (Wildman–Crippen LogP) is 14.9. The van der Waals surface area contributed by atoms with Crippen molar-refractivity contribution in [3.8, 4) is 67.3 Å². The molecule has 0 bridgehead atoms. The maximum absolute atomic E-state index is 5.31. The van der Waals surface area contributed by atoms with Gasteiger partial charge in [-0.15, -0.1) is 0 Å². The van der Waals surface area contributed by atoms with Crippen LogP contribution >= 0.6 is 0 Å². The number of aromatic nitrogens is 2. The number of benzene rings is 10. The van der Waals surface area contributed by atoms with Gasteiger partial charge in [0.1, 0.15) is 0 Å². The molecule has 11 aromatic rings. The quantitative estimate of drug-likeness (QED) is 0.132. The molecule has 0 N–H and O–H groups in total. The number of fused-ring (bicyclic) bond motifs is 14. The Kier molecular flexibility index (Phi) is 7.26. The number of hydrogen-bond donors (Lipinski definition) is 0. The Morgan fingerprint density at radius 2 is 0.803 bits per heavy atom. The molecule has 1 aromatic heterocycles. The predicted molar refractivity (Wildman–Crippen MR) is 253 cm³/mol. The molecule has 61 heavy (non-hydrogen) atoms. The van der Waals surface area contributed by atoms with Gasteiger partial charge in [0.2, 0.25) is 0 Å². The molecule has 0 saturated carbocycles. The molecule has 0 aliphatic heterocycles. The zero-order chi connectivity index (χ0) is 40.1. The monoisotopic (exact) mass is 772 g/mol. The standard InChI is InChI=1S/C59H36N2/c1-2-13-39(14-3-1)58-60-56(38-27-25-37(26-28-38)44-20-12-21-45-46(44)31-29-42-33-40-15-4-5-16-41(40)34-51(42)45)36-57(61-58)43-30-32-50-49-19-8-11-24-54(49)59(55(50)35-43)52-22-9-6-17-47(52)48-18-7-10-23-53(48)59/h1-36H. The van der Waals surface area contributed by atoms with Crippen molar-refractivity contribution in [2.45, 2.75) is 5.41 Å². The van der Waals surface area contributed by atoms with Crippen molar-refractivity contribution < 1.29 is 0 Å². The Morgan fingerprint density at radius 3 is 1.49 bits per heavy atom. The number of nitrogens with zero attached hydrogens (tertiary/aromatic N) is 2. The van der Waals surface area contributed by atoms with Crippen LogP contribution in [0.1, 0.15) is 22.3 Å². The summed E-state index contributed by atoms with van der Waals surface area (Å²) >= 11 is 0. The summed E-state index contributed by atoms with van der Waals surface area (Å²) in [5.41, 5.74) is 17.3. The first-order valence-electron chi connectivity index (χ1n) is 21.1. The summed E-state index contributed by atoms with van der Waals surface area (Å²) in [5, 5.41) is 7.57. The van der Waals surface area contributed by atoms with Gasteiger partial charge in [0.05, 0.1) is 16.8 Å². The van der Waals surface area contributed by atoms with Crippen LogP contribution in [0.25, 0.3) is 99.6 Å². The van der Waals surface area contributed by atoms with Gasteiger partial charge < -0.3 is 0 Å². The molecule has 13 rings (SSSR count). The topological polar surface area (TPSA) is 25.8 Å². The molecule has 0 unspecified atom stereocenters. The van der Waals surface area contributed by atoms with Gasteiger partial charge >= 0.3 is 0 Å². The number of rotatable bonds is 4. The molecule has 2 heteroatoms. The highest BCUT2D eigenvalue weighted by molar-refractivity contribution is 6.15. The molecule has 2 aliphatic rings. The van der Waals surface area contributed by atoms with Gasteiger partial charge in [0.15, 0.2) is 5.82 Å². The van der Waals surface area contributed by atoms with Gasteiger partial charge in [0.25, 0.3) is 0 Å². The third kappa shape index (κ3) is 4.97. The molecule has 1 spiro atoms. The van der Waals surface area contributed by atoms with Crippen molar-refractivity contribution in [1.82, 2.24) is 9.97 Å². The molecule has 282 valence electrons. The molecule has 2 aliphatic carbocycles. The van der Waals surface area contributed by atoms with E-state index in [9.17, 15) is 0 Å². The molecule has 1 heterocycles. The number of hydrogen-bond acceptors (Lipinski definition) is 2. The lowest BCUT2D eigenvalue weighted by Gasteiger charge is -2.30. The van der Waals surface area contributed by atoms with Crippen LogP contribution in [0, 0.1) is 0 Å². The van der Waals surface area contributed by atoms with Crippen LogP contribution in [0.3, 0.4) is 0 Å². The van der Waals surface area contributed by atoms with Crippen molar-refractivity contribution in [1.29, 1.82) is 0 Å². The minimum Gasteiger partial charge on any atom is -0.228 e. The first-order valence-corrected chi connectivity index (χ1v) is 21.1. The normalized spacial score (nSPS) is 13.0. The Hall–Kier alpha value is -7.94. The van der Waals surface area contributed by atoms with E-state index >= 15 is 0 Å². The van der Waals surface area contributed by atoms with E-state index in [2.05, 4.69) is 212 Å². The maximum Gasteiger partial charge on any atom is 0.160 e. The minimum absolute atomic E-state index is 0.426. The zero-order valence-corrected chi connectivity index (χ0v) is 33.2. The average Bonchev–Trinajstić information content (AvgIpc) is 3.80. The van der Waals surface area contributed by atoms with Crippen LogP contribution in [-0.4, -0.2) is 9.97 Å². The molecule has 0 radical (unpaired) electrons. The molecule has 2 nitrogen and oxygen atoms in total. The molecular weight excluding hydrogens is 737 g/mol.